The molecule has 1 aliphatic heterocycles. The van der Waals surface area contributed by atoms with Crippen LogP contribution >= 0.6 is 0 Å². The topological polar surface area (TPSA) is 53.0 Å². The maximum atomic E-state index is 12.5. The Morgan fingerprint density at radius 3 is 2.36 bits per heavy atom. The SMILES string of the molecule is COc1ccc(C(=O)N2CCN([C@H]3CCC[C@H]3O)CC2)cc1. The molecule has 120 valence electrons. The second kappa shape index (κ2) is 6.67. The summed E-state index contributed by atoms with van der Waals surface area (Å²) in [4.78, 5) is 16.8. The lowest BCUT2D eigenvalue weighted by atomic mass is 10.1. The molecular formula is C17H24N2O3. The normalized spacial score (nSPS) is 26.2. The highest BCUT2D eigenvalue weighted by molar-refractivity contribution is 5.94. The summed E-state index contributed by atoms with van der Waals surface area (Å²) in [5.74, 6) is 0.839. The molecule has 0 spiro atoms. The van der Waals surface area contributed by atoms with Gasteiger partial charge in [0.15, 0.2) is 0 Å². The lowest BCUT2D eigenvalue weighted by Gasteiger charge is -2.39. The molecular weight excluding hydrogens is 280 g/mol. The average Bonchev–Trinajstić information content (AvgIpc) is 3.00. The summed E-state index contributed by atoms with van der Waals surface area (Å²) < 4.78 is 5.12. The molecule has 1 amide bonds. The predicted molar refractivity (Wildman–Crippen MR) is 84.1 cm³/mol. The molecule has 1 aromatic carbocycles. The fraction of sp³-hybridized carbons (Fsp3) is 0.588. The van der Waals surface area contributed by atoms with Crippen LogP contribution in [0.15, 0.2) is 24.3 Å². The highest BCUT2D eigenvalue weighted by Gasteiger charge is 2.33. The second-order valence-electron chi connectivity index (χ2n) is 6.12. The Morgan fingerprint density at radius 1 is 1.14 bits per heavy atom. The first-order valence-electron chi connectivity index (χ1n) is 8.04. The van der Waals surface area contributed by atoms with Crippen molar-refractivity contribution < 1.29 is 14.6 Å². The van der Waals surface area contributed by atoms with Crippen molar-refractivity contribution in [2.24, 2.45) is 0 Å². The van der Waals surface area contributed by atoms with Gasteiger partial charge in [0.25, 0.3) is 5.91 Å². The standard InChI is InChI=1S/C17H24N2O3/c1-22-14-7-5-13(6-8-14)17(21)19-11-9-18(10-12-19)15-3-2-4-16(15)20/h5-8,15-16,20H,2-4,9-12H2,1H3/t15-,16+/m0/s1. The van der Waals surface area contributed by atoms with Crippen LogP contribution in [0.3, 0.4) is 0 Å². The first kappa shape index (κ1) is 15.3. The summed E-state index contributed by atoms with van der Waals surface area (Å²) in [6.07, 6.45) is 2.91. The van der Waals surface area contributed by atoms with Gasteiger partial charge >= 0.3 is 0 Å². The summed E-state index contributed by atoms with van der Waals surface area (Å²) in [6, 6.07) is 7.55. The van der Waals surface area contributed by atoms with E-state index in [0.29, 0.717) is 11.6 Å². The highest BCUT2D eigenvalue weighted by atomic mass is 16.5. The molecule has 5 heteroatoms. The Morgan fingerprint density at radius 2 is 1.82 bits per heavy atom. The second-order valence-corrected chi connectivity index (χ2v) is 6.12. The smallest absolute Gasteiger partial charge is 0.253 e. The maximum Gasteiger partial charge on any atom is 0.253 e. The van der Waals surface area contributed by atoms with E-state index >= 15 is 0 Å². The Kier molecular flexibility index (Phi) is 4.64. The van der Waals surface area contributed by atoms with Gasteiger partial charge in [-0.3, -0.25) is 9.69 Å². The van der Waals surface area contributed by atoms with Crippen molar-refractivity contribution in [1.29, 1.82) is 0 Å². The molecule has 5 nitrogen and oxygen atoms in total. The van der Waals surface area contributed by atoms with Crippen molar-refractivity contribution >= 4 is 5.91 Å². The molecule has 0 radical (unpaired) electrons. The van der Waals surface area contributed by atoms with E-state index in [1.54, 1.807) is 7.11 Å². The lowest BCUT2D eigenvalue weighted by molar-refractivity contribution is 0.0315. The van der Waals surface area contributed by atoms with Crippen molar-refractivity contribution in [3.8, 4) is 5.75 Å². The number of ether oxygens (including phenoxy) is 1. The number of piperazine rings is 1. The van der Waals surface area contributed by atoms with E-state index in [2.05, 4.69) is 4.90 Å². The van der Waals surface area contributed by atoms with Gasteiger partial charge in [0.1, 0.15) is 5.75 Å². The minimum absolute atomic E-state index is 0.0780. The number of rotatable bonds is 3. The molecule has 2 aliphatic rings. The van der Waals surface area contributed by atoms with Crippen LogP contribution in [0, 0.1) is 0 Å². The van der Waals surface area contributed by atoms with Gasteiger partial charge in [0.05, 0.1) is 13.2 Å². The van der Waals surface area contributed by atoms with Gasteiger partial charge in [-0.15, -0.1) is 0 Å². The molecule has 1 heterocycles. The summed E-state index contributed by atoms with van der Waals surface area (Å²) in [5.41, 5.74) is 0.704. The van der Waals surface area contributed by atoms with Crippen LogP contribution < -0.4 is 4.74 Å². The van der Waals surface area contributed by atoms with E-state index in [1.807, 2.05) is 29.2 Å². The summed E-state index contributed by atoms with van der Waals surface area (Å²) in [6.45, 7) is 3.16. The molecule has 0 aromatic heterocycles. The number of hydrogen-bond acceptors (Lipinski definition) is 4. The molecule has 2 atom stereocenters. The summed E-state index contributed by atoms with van der Waals surface area (Å²) in [7, 11) is 1.62. The van der Waals surface area contributed by atoms with Crippen LogP contribution in [0.5, 0.6) is 5.75 Å². The molecule has 2 fully saturated rings. The van der Waals surface area contributed by atoms with Crippen molar-refractivity contribution in [2.75, 3.05) is 33.3 Å². The molecule has 1 saturated carbocycles. The van der Waals surface area contributed by atoms with Gasteiger partial charge in [-0.05, 0) is 43.5 Å². The third-order valence-electron chi connectivity index (χ3n) is 4.85. The number of carbonyl (C=O) groups excluding carboxylic acids is 1. The van der Waals surface area contributed by atoms with Crippen LogP contribution in [0.2, 0.25) is 0 Å². The number of methoxy groups -OCH3 is 1. The number of aliphatic hydroxyl groups is 1. The molecule has 1 N–H and O–H groups in total. The Labute approximate surface area is 131 Å². The van der Waals surface area contributed by atoms with E-state index in [9.17, 15) is 9.90 Å². The van der Waals surface area contributed by atoms with Gasteiger partial charge in [-0.25, -0.2) is 0 Å². The zero-order valence-corrected chi connectivity index (χ0v) is 13.1. The van der Waals surface area contributed by atoms with E-state index < -0.39 is 0 Å². The average molecular weight is 304 g/mol. The van der Waals surface area contributed by atoms with Crippen LogP contribution in [0.4, 0.5) is 0 Å². The van der Waals surface area contributed by atoms with Crippen molar-refractivity contribution in [3.05, 3.63) is 29.8 Å². The van der Waals surface area contributed by atoms with Crippen LogP contribution in [-0.2, 0) is 0 Å². The molecule has 1 aliphatic carbocycles. The number of amides is 1. The Bertz CT molecular complexity index is 509. The minimum Gasteiger partial charge on any atom is -0.497 e. The monoisotopic (exact) mass is 304 g/mol. The van der Waals surface area contributed by atoms with Crippen molar-refractivity contribution in [3.63, 3.8) is 0 Å². The quantitative estimate of drug-likeness (QED) is 0.916. The molecule has 1 saturated heterocycles. The summed E-state index contributed by atoms with van der Waals surface area (Å²) >= 11 is 0. The van der Waals surface area contributed by atoms with Crippen LogP contribution in [0.1, 0.15) is 29.6 Å². The number of nitrogens with zero attached hydrogens (tertiary/aromatic N) is 2. The first-order chi connectivity index (χ1) is 10.7. The van der Waals surface area contributed by atoms with Gasteiger partial charge in [0.2, 0.25) is 0 Å². The molecule has 22 heavy (non-hydrogen) atoms. The lowest BCUT2D eigenvalue weighted by Crippen LogP contribution is -2.53. The van der Waals surface area contributed by atoms with Crippen LogP contribution in [0.25, 0.3) is 0 Å². The van der Waals surface area contributed by atoms with E-state index in [-0.39, 0.29) is 12.0 Å². The summed E-state index contributed by atoms with van der Waals surface area (Å²) in [5, 5.41) is 10.0. The number of aliphatic hydroxyl groups excluding tert-OH is 1. The number of carbonyl (C=O) groups is 1. The van der Waals surface area contributed by atoms with Crippen LogP contribution in [-0.4, -0.2) is 66.2 Å². The van der Waals surface area contributed by atoms with Gasteiger partial charge in [-0.1, -0.05) is 0 Å². The fourth-order valence-corrected chi connectivity index (χ4v) is 3.52. The molecule has 3 rings (SSSR count). The van der Waals surface area contributed by atoms with E-state index in [0.717, 1.165) is 51.2 Å². The molecule has 0 bridgehead atoms. The van der Waals surface area contributed by atoms with Crippen molar-refractivity contribution in [2.45, 2.75) is 31.4 Å². The molecule has 1 aromatic rings. The van der Waals surface area contributed by atoms with E-state index in [1.165, 1.54) is 0 Å². The largest absolute Gasteiger partial charge is 0.497 e. The Hall–Kier alpha value is -1.59. The fourth-order valence-electron chi connectivity index (χ4n) is 3.52. The Balaban J connectivity index is 1.57. The number of benzene rings is 1. The maximum absolute atomic E-state index is 12.5. The first-order valence-corrected chi connectivity index (χ1v) is 8.04. The minimum atomic E-state index is -0.191. The third kappa shape index (κ3) is 3.10. The molecule has 0 unspecified atom stereocenters. The predicted octanol–water partition coefficient (Wildman–Crippen LogP) is 1.37. The van der Waals surface area contributed by atoms with E-state index in [4.69, 9.17) is 4.74 Å². The van der Waals surface area contributed by atoms with Gasteiger partial charge in [0, 0.05) is 37.8 Å². The number of hydrogen-bond donors (Lipinski definition) is 1. The highest BCUT2D eigenvalue weighted by Crippen LogP contribution is 2.25. The zero-order chi connectivity index (χ0) is 15.5. The van der Waals surface area contributed by atoms with Gasteiger partial charge < -0.3 is 14.7 Å². The van der Waals surface area contributed by atoms with Crippen molar-refractivity contribution in [1.82, 2.24) is 9.80 Å². The van der Waals surface area contributed by atoms with Gasteiger partial charge in [-0.2, -0.15) is 0 Å². The third-order valence-corrected chi connectivity index (χ3v) is 4.85. The zero-order valence-electron chi connectivity index (χ0n) is 13.1.